The summed E-state index contributed by atoms with van der Waals surface area (Å²) in [4.78, 5) is 37.2. The first-order chi connectivity index (χ1) is 12.3. The molecule has 0 aromatic rings. The molecule has 2 heterocycles. The van der Waals surface area contributed by atoms with Crippen molar-refractivity contribution in [2.75, 3.05) is 0 Å². The Hall–Kier alpha value is -1.85. The number of carbonyl (C=O) groups excluding carboxylic acids is 3. The van der Waals surface area contributed by atoms with Crippen molar-refractivity contribution in [2.45, 2.75) is 71.7 Å². The Morgan fingerprint density at radius 2 is 2.04 bits per heavy atom. The van der Waals surface area contributed by atoms with E-state index < -0.39 is 23.5 Å². The van der Waals surface area contributed by atoms with Gasteiger partial charge < -0.3 is 14.2 Å². The summed E-state index contributed by atoms with van der Waals surface area (Å²) in [7, 11) is 0. The predicted octanol–water partition coefficient (Wildman–Crippen LogP) is 2.55. The van der Waals surface area contributed by atoms with Crippen LogP contribution in [0.25, 0.3) is 0 Å². The summed E-state index contributed by atoms with van der Waals surface area (Å²) in [6.07, 6.45) is 1.70. The summed E-state index contributed by atoms with van der Waals surface area (Å²) in [5, 5.41) is 0. The summed E-state index contributed by atoms with van der Waals surface area (Å²) >= 11 is 0. The molecule has 1 saturated heterocycles. The first kappa shape index (κ1) is 17.6. The molecule has 0 radical (unpaired) electrons. The highest BCUT2D eigenvalue weighted by Gasteiger charge is 2.68. The molecule has 0 aromatic heterocycles. The molecule has 0 amide bonds. The highest BCUT2D eigenvalue weighted by Crippen LogP contribution is 2.61. The molecule has 0 bridgehead atoms. The van der Waals surface area contributed by atoms with Crippen LogP contribution in [0.15, 0.2) is 11.1 Å². The Balaban J connectivity index is 1.68. The largest absolute Gasteiger partial charge is 0.461 e. The van der Waals surface area contributed by atoms with Crippen molar-refractivity contribution in [3.63, 3.8) is 0 Å². The quantitative estimate of drug-likeness (QED) is 0.567. The average molecular weight is 362 g/mol. The highest BCUT2D eigenvalue weighted by atomic mass is 16.6. The molecule has 2 aliphatic carbocycles. The monoisotopic (exact) mass is 362 g/mol. The van der Waals surface area contributed by atoms with Crippen LogP contribution in [-0.2, 0) is 28.6 Å². The third-order valence-corrected chi connectivity index (χ3v) is 7.17. The average Bonchev–Trinajstić information content (AvgIpc) is 3.03. The Kier molecular flexibility index (Phi) is 3.93. The van der Waals surface area contributed by atoms with E-state index >= 15 is 0 Å². The van der Waals surface area contributed by atoms with Gasteiger partial charge in [-0.2, -0.15) is 0 Å². The van der Waals surface area contributed by atoms with Crippen molar-refractivity contribution in [1.29, 1.82) is 0 Å². The Morgan fingerprint density at radius 1 is 1.31 bits per heavy atom. The molecule has 6 nitrogen and oxygen atoms in total. The SMILES string of the molecule is CCC(C)C(=O)O[C@H]1CC[C@@H]2C[C@@H]3OC(=O)C(C)=C3[C@@H]3OC(=O)[C@@H]1[C@]23C. The van der Waals surface area contributed by atoms with Gasteiger partial charge >= 0.3 is 17.9 Å². The summed E-state index contributed by atoms with van der Waals surface area (Å²) < 4.78 is 17.1. The molecule has 142 valence electrons. The van der Waals surface area contributed by atoms with Gasteiger partial charge in [-0.15, -0.1) is 0 Å². The molecule has 0 aromatic carbocycles. The number of carbonyl (C=O) groups is 3. The van der Waals surface area contributed by atoms with Crippen LogP contribution >= 0.6 is 0 Å². The van der Waals surface area contributed by atoms with Crippen LogP contribution < -0.4 is 0 Å². The maximum absolute atomic E-state index is 12.8. The van der Waals surface area contributed by atoms with Crippen LogP contribution in [0.2, 0.25) is 0 Å². The maximum Gasteiger partial charge on any atom is 0.334 e. The molecule has 4 aliphatic rings. The lowest BCUT2D eigenvalue weighted by atomic mass is 9.53. The zero-order valence-corrected chi connectivity index (χ0v) is 15.7. The van der Waals surface area contributed by atoms with Crippen LogP contribution in [0, 0.1) is 23.2 Å². The van der Waals surface area contributed by atoms with Gasteiger partial charge in [0, 0.05) is 16.6 Å². The van der Waals surface area contributed by atoms with Gasteiger partial charge in [0.15, 0.2) is 0 Å². The number of hydrogen-bond donors (Lipinski definition) is 0. The van der Waals surface area contributed by atoms with Gasteiger partial charge in [0.25, 0.3) is 0 Å². The van der Waals surface area contributed by atoms with Crippen LogP contribution in [0.4, 0.5) is 0 Å². The van der Waals surface area contributed by atoms with Crippen LogP contribution in [0.3, 0.4) is 0 Å². The number of ether oxygens (including phenoxy) is 3. The van der Waals surface area contributed by atoms with Gasteiger partial charge in [-0.3, -0.25) is 9.59 Å². The standard InChI is InChI=1S/C20H26O6/c1-5-9(2)17(21)24-12-7-6-11-8-13-14(10(3)18(22)25-13)16-20(11,4)15(12)19(23)26-16/h9,11-13,15-16H,5-8H2,1-4H3/t9?,11-,12+,13+,15-,16+,20+/m1/s1. The molecule has 0 spiro atoms. The van der Waals surface area contributed by atoms with Gasteiger partial charge in [0.05, 0.1) is 5.92 Å². The zero-order valence-electron chi connectivity index (χ0n) is 15.7. The lowest BCUT2D eigenvalue weighted by Gasteiger charge is -2.50. The van der Waals surface area contributed by atoms with Crippen molar-refractivity contribution >= 4 is 17.9 Å². The maximum atomic E-state index is 12.8. The summed E-state index contributed by atoms with van der Waals surface area (Å²) in [6, 6.07) is 0. The molecule has 1 unspecified atom stereocenters. The second-order valence-corrected chi connectivity index (χ2v) is 8.43. The summed E-state index contributed by atoms with van der Waals surface area (Å²) in [5.74, 6) is -1.34. The molecule has 2 saturated carbocycles. The van der Waals surface area contributed by atoms with Crippen molar-refractivity contribution in [3.8, 4) is 0 Å². The van der Waals surface area contributed by atoms with E-state index in [-0.39, 0.29) is 35.8 Å². The second kappa shape index (κ2) is 5.83. The number of rotatable bonds is 3. The van der Waals surface area contributed by atoms with E-state index in [4.69, 9.17) is 14.2 Å². The first-order valence-corrected chi connectivity index (χ1v) is 9.61. The molecule has 2 aliphatic heterocycles. The lowest BCUT2D eigenvalue weighted by Crippen LogP contribution is -2.55. The Morgan fingerprint density at radius 3 is 2.73 bits per heavy atom. The third kappa shape index (κ3) is 2.20. The summed E-state index contributed by atoms with van der Waals surface area (Å²) in [6.45, 7) is 7.58. The third-order valence-electron chi connectivity index (χ3n) is 7.17. The van der Waals surface area contributed by atoms with Gasteiger partial charge in [-0.1, -0.05) is 20.8 Å². The Labute approximate surface area is 153 Å². The van der Waals surface area contributed by atoms with Gasteiger partial charge in [-0.05, 0) is 38.5 Å². The number of hydrogen-bond acceptors (Lipinski definition) is 6. The minimum Gasteiger partial charge on any atom is -0.461 e. The van der Waals surface area contributed by atoms with E-state index in [9.17, 15) is 14.4 Å². The summed E-state index contributed by atoms with van der Waals surface area (Å²) in [5.41, 5.74) is 0.918. The lowest BCUT2D eigenvalue weighted by molar-refractivity contribution is -0.168. The predicted molar refractivity (Wildman–Crippen MR) is 90.7 cm³/mol. The number of esters is 3. The van der Waals surface area contributed by atoms with Gasteiger partial charge in [0.1, 0.15) is 24.2 Å². The first-order valence-electron chi connectivity index (χ1n) is 9.61. The highest BCUT2D eigenvalue weighted by molar-refractivity contribution is 5.92. The van der Waals surface area contributed by atoms with E-state index in [1.807, 2.05) is 13.8 Å². The van der Waals surface area contributed by atoms with E-state index in [0.29, 0.717) is 24.8 Å². The molecule has 26 heavy (non-hydrogen) atoms. The minimum atomic E-state index is -0.476. The zero-order chi connectivity index (χ0) is 18.8. The molecule has 0 N–H and O–H groups in total. The number of fused-ring (bicyclic) bond motifs is 2. The normalized spacial score (nSPS) is 41.9. The van der Waals surface area contributed by atoms with Crippen molar-refractivity contribution in [1.82, 2.24) is 0 Å². The van der Waals surface area contributed by atoms with Crippen molar-refractivity contribution in [2.24, 2.45) is 23.2 Å². The minimum absolute atomic E-state index is 0.185. The fourth-order valence-corrected chi connectivity index (χ4v) is 5.37. The van der Waals surface area contributed by atoms with Gasteiger partial charge in [0.2, 0.25) is 0 Å². The molecule has 7 atom stereocenters. The molecular formula is C20H26O6. The second-order valence-electron chi connectivity index (χ2n) is 8.43. The van der Waals surface area contributed by atoms with E-state index in [1.54, 1.807) is 6.92 Å². The smallest absolute Gasteiger partial charge is 0.334 e. The van der Waals surface area contributed by atoms with Crippen molar-refractivity contribution < 1.29 is 28.6 Å². The molecule has 3 fully saturated rings. The van der Waals surface area contributed by atoms with Crippen LogP contribution in [0.5, 0.6) is 0 Å². The van der Waals surface area contributed by atoms with E-state index in [2.05, 4.69) is 6.92 Å². The van der Waals surface area contributed by atoms with Crippen molar-refractivity contribution in [3.05, 3.63) is 11.1 Å². The fraction of sp³-hybridized carbons (Fsp3) is 0.750. The van der Waals surface area contributed by atoms with E-state index in [1.165, 1.54) is 0 Å². The fourth-order valence-electron chi connectivity index (χ4n) is 5.37. The van der Waals surface area contributed by atoms with Gasteiger partial charge in [-0.25, -0.2) is 4.79 Å². The topological polar surface area (TPSA) is 78.9 Å². The molecule has 6 heteroatoms. The van der Waals surface area contributed by atoms with E-state index in [0.717, 1.165) is 12.0 Å². The van der Waals surface area contributed by atoms with Crippen LogP contribution in [-0.4, -0.2) is 36.2 Å². The molecule has 4 rings (SSSR count). The Bertz CT molecular complexity index is 709. The van der Waals surface area contributed by atoms with Crippen LogP contribution in [0.1, 0.15) is 53.4 Å². The molecular weight excluding hydrogens is 336 g/mol.